The predicted molar refractivity (Wildman–Crippen MR) is 105 cm³/mol. The van der Waals surface area contributed by atoms with Crippen LogP contribution in [0.2, 0.25) is 5.15 Å². The summed E-state index contributed by atoms with van der Waals surface area (Å²) in [6, 6.07) is 1.72. The first-order valence-electron chi connectivity index (χ1n) is 9.26. The van der Waals surface area contributed by atoms with Gasteiger partial charge in [-0.1, -0.05) is 37.5 Å². The molecule has 3 heterocycles. The molecule has 0 aromatic carbocycles. The molecule has 0 bridgehead atoms. The Morgan fingerprint density at radius 2 is 2.07 bits per heavy atom. The number of rotatable bonds is 5. The summed E-state index contributed by atoms with van der Waals surface area (Å²) in [6.45, 7) is 6.86. The van der Waals surface area contributed by atoms with E-state index in [2.05, 4.69) is 26.9 Å². The average Bonchev–Trinajstić information content (AvgIpc) is 3.33. The number of hydrogen-bond acceptors (Lipinski definition) is 5. The molecule has 2 atom stereocenters. The van der Waals surface area contributed by atoms with Gasteiger partial charge in [-0.2, -0.15) is 0 Å². The van der Waals surface area contributed by atoms with Crippen LogP contribution in [0.25, 0.3) is 21.2 Å². The molecule has 1 saturated heterocycles. The molecule has 1 aliphatic carbocycles. The molecule has 2 aromatic rings. The van der Waals surface area contributed by atoms with Crippen LogP contribution in [-0.2, 0) is 10.3 Å². The summed E-state index contributed by atoms with van der Waals surface area (Å²) in [5.74, 6) is 1.36. The monoisotopic (exact) mass is 400 g/mol. The maximum absolute atomic E-state index is 12.3. The molecule has 0 radical (unpaired) electrons. The summed E-state index contributed by atoms with van der Waals surface area (Å²) in [5, 5.41) is 5.69. The Hall–Kier alpha value is -2.57. The van der Waals surface area contributed by atoms with E-state index in [1.807, 2.05) is 18.7 Å². The fourth-order valence-corrected chi connectivity index (χ4v) is 3.74. The third-order valence-corrected chi connectivity index (χ3v) is 5.73. The SMILES string of the molecule is C[C@@H]1CC1C(=O)N1CC(Oc2ncc(C(C)(C)N=[N+]=[N-])c3cc(Cl)ncc23)C1. The van der Waals surface area contributed by atoms with Crippen molar-refractivity contribution < 1.29 is 9.53 Å². The van der Waals surface area contributed by atoms with Crippen LogP contribution < -0.4 is 4.74 Å². The lowest BCUT2D eigenvalue weighted by Gasteiger charge is -2.39. The van der Waals surface area contributed by atoms with Crippen LogP contribution in [0.5, 0.6) is 5.88 Å². The molecule has 1 unspecified atom stereocenters. The van der Waals surface area contributed by atoms with Crippen LogP contribution in [0.3, 0.4) is 0 Å². The lowest BCUT2D eigenvalue weighted by molar-refractivity contribution is -0.141. The van der Waals surface area contributed by atoms with Crippen LogP contribution in [0.15, 0.2) is 23.6 Å². The van der Waals surface area contributed by atoms with E-state index >= 15 is 0 Å². The van der Waals surface area contributed by atoms with Gasteiger partial charge in [-0.25, -0.2) is 9.97 Å². The van der Waals surface area contributed by atoms with Crippen molar-refractivity contribution in [2.24, 2.45) is 17.0 Å². The van der Waals surface area contributed by atoms with Gasteiger partial charge in [-0.15, -0.1) is 0 Å². The molecule has 0 N–H and O–H groups in total. The van der Waals surface area contributed by atoms with Crippen LogP contribution >= 0.6 is 11.6 Å². The van der Waals surface area contributed by atoms with Gasteiger partial charge in [0.25, 0.3) is 0 Å². The maximum atomic E-state index is 12.3. The normalized spacial score (nSPS) is 21.8. The Morgan fingerprint density at radius 1 is 1.36 bits per heavy atom. The highest BCUT2D eigenvalue weighted by molar-refractivity contribution is 6.30. The van der Waals surface area contributed by atoms with Crippen molar-refractivity contribution in [3.63, 3.8) is 0 Å². The number of likely N-dealkylation sites (tertiary alicyclic amines) is 1. The molecule has 8 nitrogen and oxygen atoms in total. The minimum absolute atomic E-state index is 0.0969. The van der Waals surface area contributed by atoms with E-state index in [9.17, 15) is 4.79 Å². The Morgan fingerprint density at radius 3 is 2.71 bits per heavy atom. The molecular weight excluding hydrogens is 380 g/mol. The zero-order valence-electron chi connectivity index (χ0n) is 16.0. The third-order valence-electron chi connectivity index (χ3n) is 5.52. The minimum Gasteiger partial charge on any atom is -0.470 e. The van der Waals surface area contributed by atoms with E-state index < -0.39 is 5.54 Å². The number of hydrogen-bond donors (Lipinski definition) is 0. The second kappa shape index (κ2) is 6.79. The fourth-order valence-electron chi connectivity index (χ4n) is 3.58. The van der Waals surface area contributed by atoms with Gasteiger partial charge >= 0.3 is 0 Å². The van der Waals surface area contributed by atoms with Gasteiger partial charge in [0.05, 0.1) is 24.0 Å². The zero-order valence-corrected chi connectivity index (χ0v) is 16.7. The minimum atomic E-state index is -0.802. The van der Waals surface area contributed by atoms with Gasteiger partial charge < -0.3 is 9.64 Å². The Kier molecular flexibility index (Phi) is 4.56. The number of carbonyl (C=O) groups is 1. The first kappa shape index (κ1) is 18.8. The third kappa shape index (κ3) is 3.34. The molecule has 1 amide bonds. The van der Waals surface area contributed by atoms with Crippen molar-refractivity contribution in [2.75, 3.05) is 13.1 Å². The molecule has 146 valence electrons. The quantitative estimate of drug-likeness (QED) is 0.326. The number of halogens is 1. The molecule has 2 aromatic heterocycles. The second-order valence-corrected chi connectivity index (χ2v) is 8.47. The van der Waals surface area contributed by atoms with Crippen LogP contribution in [0.4, 0.5) is 0 Å². The summed E-state index contributed by atoms with van der Waals surface area (Å²) in [7, 11) is 0. The Balaban J connectivity index is 1.57. The van der Waals surface area contributed by atoms with Crippen molar-refractivity contribution in [2.45, 2.75) is 38.8 Å². The standard InChI is InChI=1S/C19H21ClN6O2/c1-10-4-12(10)18(27)26-8-11(9-26)28-17-14-6-22-16(20)5-13(14)15(7-23-17)19(2,3)24-25-21/h5-7,10-12H,4,8-9H2,1-3H3/t10-,12?/m1/s1. The molecule has 0 spiro atoms. The first-order chi connectivity index (χ1) is 13.3. The number of carbonyl (C=O) groups excluding carboxylic acids is 1. The number of pyridine rings is 2. The molecule has 28 heavy (non-hydrogen) atoms. The molecule has 2 fully saturated rings. The smallest absolute Gasteiger partial charge is 0.226 e. The van der Waals surface area contributed by atoms with Crippen LogP contribution in [-0.4, -0.2) is 40.0 Å². The van der Waals surface area contributed by atoms with Crippen molar-refractivity contribution in [3.8, 4) is 5.88 Å². The number of amides is 1. The number of azide groups is 1. The van der Waals surface area contributed by atoms with Gasteiger partial charge in [0.1, 0.15) is 11.3 Å². The van der Waals surface area contributed by atoms with Crippen molar-refractivity contribution in [1.82, 2.24) is 14.9 Å². The zero-order chi connectivity index (χ0) is 20.1. The summed E-state index contributed by atoms with van der Waals surface area (Å²) >= 11 is 6.10. The summed E-state index contributed by atoms with van der Waals surface area (Å²) < 4.78 is 6.05. The van der Waals surface area contributed by atoms with Gasteiger partial charge in [0.2, 0.25) is 11.8 Å². The number of nitrogens with zero attached hydrogens (tertiary/aromatic N) is 6. The Bertz CT molecular complexity index is 997. The maximum Gasteiger partial charge on any atom is 0.226 e. The lowest BCUT2D eigenvalue weighted by Crippen LogP contribution is -2.56. The van der Waals surface area contributed by atoms with E-state index in [0.29, 0.717) is 35.4 Å². The van der Waals surface area contributed by atoms with E-state index in [4.69, 9.17) is 21.9 Å². The van der Waals surface area contributed by atoms with Crippen molar-refractivity contribution in [3.05, 3.63) is 39.6 Å². The van der Waals surface area contributed by atoms with E-state index in [1.54, 1.807) is 18.5 Å². The number of aromatic nitrogens is 2. The van der Waals surface area contributed by atoms with E-state index in [-0.39, 0.29) is 17.9 Å². The summed E-state index contributed by atoms with van der Waals surface area (Å²) in [4.78, 5) is 25.6. The topological polar surface area (TPSA) is 104 Å². The van der Waals surface area contributed by atoms with Gasteiger partial charge in [-0.3, -0.25) is 4.79 Å². The second-order valence-electron chi connectivity index (χ2n) is 8.08. The highest BCUT2D eigenvalue weighted by atomic mass is 35.5. The number of ether oxygens (including phenoxy) is 1. The summed E-state index contributed by atoms with van der Waals surface area (Å²) in [5.41, 5.74) is 8.81. The van der Waals surface area contributed by atoms with E-state index in [0.717, 1.165) is 17.4 Å². The van der Waals surface area contributed by atoms with Gasteiger partial charge in [0.15, 0.2) is 0 Å². The largest absolute Gasteiger partial charge is 0.470 e. The molecule has 9 heteroatoms. The van der Waals surface area contributed by atoms with Crippen molar-refractivity contribution in [1.29, 1.82) is 0 Å². The first-order valence-corrected chi connectivity index (χ1v) is 9.64. The highest BCUT2D eigenvalue weighted by Gasteiger charge is 2.45. The summed E-state index contributed by atoms with van der Waals surface area (Å²) in [6.07, 6.45) is 4.15. The molecule has 1 saturated carbocycles. The Labute approximate surface area is 167 Å². The van der Waals surface area contributed by atoms with Crippen LogP contribution in [0, 0.1) is 11.8 Å². The van der Waals surface area contributed by atoms with Gasteiger partial charge in [-0.05, 0) is 34.9 Å². The highest BCUT2D eigenvalue weighted by Crippen LogP contribution is 2.40. The molecular formula is C19H21ClN6O2. The molecule has 1 aliphatic heterocycles. The molecule has 2 aliphatic rings. The lowest BCUT2D eigenvalue weighted by atomic mass is 9.93. The van der Waals surface area contributed by atoms with E-state index in [1.165, 1.54) is 0 Å². The van der Waals surface area contributed by atoms with Crippen LogP contribution in [0.1, 0.15) is 32.8 Å². The van der Waals surface area contributed by atoms with Crippen molar-refractivity contribution >= 4 is 28.3 Å². The van der Waals surface area contributed by atoms with Gasteiger partial charge in [0, 0.05) is 23.2 Å². The predicted octanol–water partition coefficient (Wildman–Crippen LogP) is 4.07. The molecule has 4 rings (SSSR count). The number of fused-ring (bicyclic) bond motifs is 1. The fraction of sp³-hybridized carbons (Fsp3) is 0.526. The average molecular weight is 401 g/mol.